The Balaban J connectivity index is 1.80. The fourth-order valence-electron chi connectivity index (χ4n) is 5.11. The molecule has 0 radical (unpaired) electrons. The Morgan fingerprint density at radius 3 is 1.81 bits per heavy atom. The molecular formula is C32H60N2O3. The molecule has 1 aliphatic heterocycles. The van der Waals surface area contributed by atoms with Crippen LogP contribution in [0, 0.1) is 5.92 Å². The Labute approximate surface area is 229 Å². The van der Waals surface area contributed by atoms with Crippen LogP contribution in [0.2, 0.25) is 0 Å². The van der Waals surface area contributed by atoms with Gasteiger partial charge in [0.15, 0.2) is 0 Å². The zero-order valence-electron chi connectivity index (χ0n) is 24.7. The maximum absolute atomic E-state index is 12.4. The largest absolute Gasteiger partial charge is 0.466 e. The predicted molar refractivity (Wildman–Crippen MR) is 157 cm³/mol. The molecule has 1 rings (SSSR count). The van der Waals surface area contributed by atoms with Gasteiger partial charge < -0.3 is 9.64 Å². The number of amides is 1. The van der Waals surface area contributed by atoms with Gasteiger partial charge in [0.05, 0.1) is 13.2 Å². The van der Waals surface area contributed by atoms with Crippen LogP contribution >= 0.6 is 0 Å². The summed E-state index contributed by atoms with van der Waals surface area (Å²) in [5.74, 6) is 0.0801. The number of ether oxygens (including phenoxy) is 1. The monoisotopic (exact) mass is 520 g/mol. The highest BCUT2D eigenvalue weighted by atomic mass is 16.5. The molecule has 1 aliphatic rings. The molecule has 216 valence electrons. The molecule has 0 aromatic heterocycles. The SMILES string of the molecule is CCCCCCCCCCCCCCCCCCCCCC(=O)OCCCN1CCN=CCC(C)C1=O. The third kappa shape index (κ3) is 20.3. The van der Waals surface area contributed by atoms with Crippen molar-refractivity contribution < 1.29 is 14.3 Å². The molecule has 5 nitrogen and oxygen atoms in total. The van der Waals surface area contributed by atoms with Gasteiger partial charge in [0.2, 0.25) is 5.91 Å². The number of nitrogens with zero attached hydrogens (tertiary/aromatic N) is 2. The number of carbonyl (C=O) groups is 2. The second-order valence-electron chi connectivity index (χ2n) is 11.2. The van der Waals surface area contributed by atoms with E-state index in [0.29, 0.717) is 45.5 Å². The predicted octanol–water partition coefficient (Wildman–Crippen LogP) is 8.68. The van der Waals surface area contributed by atoms with Gasteiger partial charge in [-0.05, 0) is 25.5 Å². The number of rotatable bonds is 24. The number of aliphatic imine (C=N–C) groups is 1. The Bertz CT molecular complexity index is 578. The van der Waals surface area contributed by atoms with E-state index in [2.05, 4.69) is 11.9 Å². The van der Waals surface area contributed by atoms with Crippen LogP contribution < -0.4 is 0 Å². The number of unbranched alkanes of at least 4 members (excludes halogenated alkanes) is 18. The number of hydrogen-bond donors (Lipinski definition) is 0. The lowest BCUT2D eigenvalue weighted by molar-refractivity contribution is -0.144. The van der Waals surface area contributed by atoms with Crippen molar-refractivity contribution in [1.29, 1.82) is 0 Å². The lowest BCUT2D eigenvalue weighted by Crippen LogP contribution is -2.39. The summed E-state index contributed by atoms with van der Waals surface area (Å²) in [7, 11) is 0. The molecule has 1 amide bonds. The van der Waals surface area contributed by atoms with Gasteiger partial charge in [-0.15, -0.1) is 0 Å². The van der Waals surface area contributed by atoms with Crippen molar-refractivity contribution >= 4 is 18.1 Å². The van der Waals surface area contributed by atoms with E-state index in [1.54, 1.807) is 0 Å². The van der Waals surface area contributed by atoms with Gasteiger partial charge in [0.25, 0.3) is 0 Å². The van der Waals surface area contributed by atoms with E-state index in [9.17, 15) is 9.59 Å². The van der Waals surface area contributed by atoms with Gasteiger partial charge in [-0.25, -0.2) is 0 Å². The quantitative estimate of drug-likeness (QED) is 0.0944. The van der Waals surface area contributed by atoms with Gasteiger partial charge in [0.1, 0.15) is 0 Å². The van der Waals surface area contributed by atoms with Gasteiger partial charge in [-0.2, -0.15) is 0 Å². The van der Waals surface area contributed by atoms with E-state index >= 15 is 0 Å². The normalized spacial score (nSPS) is 16.1. The van der Waals surface area contributed by atoms with Crippen molar-refractivity contribution in [2.75, 3.05) is 26.2 Å². The summed E-state index contributed by atoms with van der Waals surface area (Å²) in [4.78, 5) is 30.5. The highest BCUT2D eigenvalue weighted by Gasteiger charge is 2.20. The number of esters is 1. The standard InChI is InChI=1S/C32H60N2O3/c1-3-4-5-6-7-8-9-10-11-12-13-14-15-16-17-18-19-20-21-23-31(35)37-29-22-27-34-28-26-33-25-24-30(2)32(34)36/h25,30H,3-24,26-29H2,1-2H3. The molecule has 0 aromatic rings. The van der Waals surface area contributed by atoms with Crippen molar-refractivity contribution in [1.82, 2.24) is 4.90 Å². The topological polar surface area (TPSA) is 59.0 Å². The summed E-state index contributed by atoms with van der Waals surface area (Å²) in [6, 6.07) is 0. The van der Waals surface area contributed by atoms with Crippen LogP contribution in [0.25, 0.3) is 0 Å². The van der Waals surface area contributed by atoms with Crippen LogP contribution in [0.1, 0.15) is 155 Å². The van der Waals surface area contributed by atoms with Crippen LogP contribution in [-0.2, 0) is 14.3 Å². The lowest BCUT2D eigenvalue weighted by Gasteiger charge is -2.26. The van der Waals surface area contributed by atoms with Crippen molar-refractivity contribution in [3.8, 4) is 0 Å². The Kier molecular flexibility index (Phi) is 22.7. The molecule has 0 bridgehead atoms. The molecule has 0 N–H and O–H groups in total. The second-order valence-corrected chi connectivity index (χ2v) is 11.2. The van der Waals surface area contributed by atoms with Crippen molar-refractivity contribution in [3.05, 3.63) is 0 Å². The van der Waals surface area contributed by atoms with Gasteiger partial charge in [-0.3, -0.25) is 14.6 Å². The third-order valence-electron chi connectivity index (χ3n) is 7.64. The van der Waals surface area contributed by atoms with Crippen LogP contribution in [-0.4, -0.2) is 49.2 Å². The molecule has 0 aromatic carbocycles. The maximum Gasteiger partial charge on any atom is 0.305 e. The van der Waals surface area contributed by atoms with E-state index in [4.69, 9.17) is 4.74 Å². The maximum atomic E-state index is 12.4. The first-order valence-corrected chi connectivity index (χ1v) is 16.1. The zero-order valence-corrected chi connectivity index (χ0v) is 24.7. The summed E-state index contributed by atoms with van der Waals surface area (Å²) in [5.41, 5.74) is 0. The molecule has 0 saturated heterocycles. The molecule has 0 fully saturated rings. The van der Waals surface area contributed by atoms with Crippen molar-refractivity contribution in [3.63, 3.8) is 0 Å². The fourth-order valence-corrected chi connectivity index (χ4v) is 5.11. The lowest BCUT2D eigenvalue weighted by atomic mass is 10.0. The van der Waals surface area contributed by atoms with Crippen molar-refractivity contribution in [2.45, 2.75) is 155 Å². The number of hydrogen-bond acceptors (Lipinski definition) is 4. The molecular weight excluding hydrogens is 460 g/mol. The highest BCUT2D eigenvalue weighted by Crippen LogP contribution is 2.15. The Hall–Kier alpha value is -1.39. The highest BCUT2D eigenvalue weighted by molar-refractivity contribution is 5.81. The van der Waals surface area contributed by atoms with Crippen LogP contribution in [0.5, 0.6) is 0 Å². The third-order valence-corrected chi connectivity index (χ3v) is 7.64. The second kappa shape index (κ2) is 24.9. The van der Waals surface area contributed by atoms with Gasteiger partial charge in [0, 0.05) is 25.4 Å². The summed E-state index contributed by atoms with van der Waals surface area (Å²) in [5, 5.41) is 0. The molecule has 0 saturated carbocycles. The molecule has 5 heteroatoms. The minimum absolute atomic E-state index is 0.0130. The van der Waals surface area contributed by atoms with E-state index < -0.39 is 0 Å². The van der Waals surface area contributed by atoms with Crippen LogP contribution in [0.15, 0.2) is 4.99 Å². The zero-order chi connectivity index (χ0) is 26.8. The molecule has 0 aliphatic carbocycles. The minimum Gasteiger partial charge on any atom is -0.466 e. The fraction of sp³-hybridized carbons (Fsp3) is 0.906. The summed E-state index contributed by atoms with van der Waals surface area (Å²) in [6.07, 6.45) is 29.6. The van der Waals surface area contributed by atoms with E-state index in [0.717, 1.165) is 12.8 Å². The summed E-state index contributed by atoms with van der Waals surface area (Å²) < 4.78 is 5.38. The molecule has 37 heavy (non-hydrogen) atoms. The molecule has 0 spiro atoms. The smallest absolute Gasteiger partial charge is 0.305 e. The van der Waals surface area contributed by atoms with E-state index in [1.807, 2.05) is 18.0 Å². The summed E-state index contributed by atoms with van der Waals surface area (Å²) in [6.45, 7) is 6.61. The first-order valence-electron chi connectivity index (χ1n) is 16.1. The molecule has 1 atom stereocenters. The van der Waals surface area contributed by atoms with Gasteiger partial charge >= 0.3 is 5.97 Å². The van der Waals surface area contributed by atoms with Crippen molar-refractivity contribution in [2.24, 2.45) is 10.9 Å². The first-order chi connectivity index (χ1) is 18.1. The van der Waals surface area contributed by atoms with Gasteiger partial charge in [-0.1, -0.05) is 129 Å². The van der Waals surface area contributed by atoms with Crippen LogP contribution in [0.4, 0.5) is 0 Å². The first kappa shape index (κ1) is 33.6. The van der Waals surface area contributed by atoms with E-state index in [1.165, 1.54) is 109 Å². The minimum atomic E-state index is -0.0936. The average Bonchev–Trinajstić information content (AvgIpc) is 2.89. The Morgan fingerprint density at radius 1 is 0.811 bits per heavy atom. The summed E-state index contributed by atoms with van der Waals surface area (Å²) >= 11 is 0. The Morgan fingerprint density at radius 2 is 1.30 bits per heavy atom. The van der Waals surface area contributed by atoms with E-state index in [-0.39, 0.29) is 17.8 Å². The number of carbonyl (C=O) groups excluding carboxylic acids is 2. The molecule has 1 heterocycles. The van der Waals surface area contributed by atoms with Crippen LogP contribution in [0.3, 0.4) is 0 Å². The molecule has 1 unspecified atom stereocenters. The average molecular weight is 521 g/mol.